The second kappa shape index (κ2) is 7.06. The van der Waals surface area contributed by atoms with Crippen LogP contribution < -0.4 is 0 Å². The van der Waals surface area contributed by atoms with Crippen LogP contribution in [0.2, 0.25) is 0 Å². The third-order valence-corrected chi connectivity index (χ3v) is 5.42. The van der Waals surface area contributed by atoms with Crippen molar-refractivity contribution in [2.24, 2.45) is 23.7 Å². The molecule has 3 rings (SSSR count). The van der Waals surface area contributed by atoms with Gasteiger partial charge in [-0.2, -0.15) is 0 Å². The maximum Gasteiger partial charge on any atom is 0.320 e. The molecule has 0 unspecified atom stereocenters. The summed E-state index contributed by atoms with van der Waals surface area (Å²) in [7, 11) is 0. The predicted octanol–water partition coefficient (Wildman–Crippen LogP) is 3.98. The molecule has 1 heterocycles. The fourth-order valence-electron chi connectivity index (χ4n) is 4.10. The van der Waals surface area contributed by atoms with Crippen LogP contribution in [0.5, 0.6) is 0 Å². The molecule has 0 N–H and O–H groups in total. The zero-order valence-corrected chi connectivity index (χ0v) is 14.3. The maximum atomic E-state index is 11.5. The van der Waals surface area contributed by atoms with Gasteiger partial charge in [-0.3, -0.25) is 4.79 Å². The summed E-state index contributed by atoms with van der Waals surface area (Å²) in [6.07, 6.45) is 2.38. The number of hydrogen-bond acceptors (Lipinski definition) is 3. The lowest BCUT2D eigenvalue weighted by atomic mass is 9.64. The number of esters is 1. The Morgan fingerprint density at radius 3 is 2.78 bits per heavy atom. The minimum Gasteiger partial charge on any atom is -0.464 e. The van der Waals surface area contributed by atoms with Gasteiger partial charge >= 0.3 is 5.97 Å². The lowest BCUT2D eigenvalue weighted by Gasteiger charge is -2.48. The van der Waals surface area contributed by atoms with Crippen LogP contribution in [0.1, 0.15) is 25.5 Å². The molecule has 2 bridgehead atoms. The number of carbonyl (C=O) groups excluding carboxylic acids is 1. The highest BCUT2D eigenvalue weighted by Gasteiger charge is 2.46. The van der Waals surface area contributed by atoms with Gasteiger partial charge in [0.2, 0.25) is 0 Å². The first-order valence-electron chi connectivity index (χ1n) is 8.18. The Morgan fingerprint density at radius 2 is 2.09 bits per heavy atom. The quantitative estimate of drug-likeness (QED) is 0.474. The van der Waals surface area contributed by atoms with Crippen LogP contribution >= 0.6 is 11.6 Å². The Labute approximate surface area is 142 Å². The van der Waals surface area contributed by atoms with Crippen molar-refractivity contribution in [2.45, 2.75) is 20.0 Å². The predicted molar refractivity (Wildman–Crippen MR) is 90.2 cm³/mol. The Hall–Kier alpha value is -1.32. The van der Waals surface area contributed by atoms with Crippen LogP contribution in [0.25, 0.3) is 0 Å². The van der Waals surface area contributed by atoms with Crippen LogP contribution in [-0.2, 0) is 14.3 Å². The molecular formula is C19H23ClO3. The van der Waals surface area contributed by atoms with Crippen molar-refractivity contribution >= 4 is 17.6 Å². The van der Waals surface area contributed by atoms with Crippen molar-refractivity contribution in [1.29, 1.82) is 0 Å². The van der Waals surface area contributed by atoms with E-state index in [4.69, 9.17) is 21.1 Å². The summed E-state index contributed by atoms with van der Waals surface area (Å²) in [6.45, 7) is 5.50. The number of hydrogen-bond donors (Lipinski definition) is 0. The van der Waals surface area contributed by atoms with E-state index in [-0.39, 0.29) is 29.8 Å². The van der Waals surface area contributed by atoms with Gasteiger partial charge in [0.15, 0.2) is 0 Å². The molecule has 0 radical (unpaired) electrons. The number of benzene rings is 1. The highest BCUT2D eigenvalue weighted by Crippen LogP contribution is 2.49. The molecule has 23 heavy (non-hydrogen) atoms. The van der Waals surface area contributed by atoms with Gasteiger partial charge in [0.1, 0.15) is 5.88 Å². The second-order valence-corrected chi connectivity index (χ2v) is 6.87. The molecule has 0 amide bonds. The van der Waals surface area contributed by atoms with Crippen molar-refractivity contribution in [2.75, 3.05) is 19.1 Å². The molecule has 0 spiro atoms. The summed E-state index contributed by atoms with van der Waals surface area (Å²) in [6, 6.07) is 10.3. The second-order valence-electron chi connectivity index (χ2n) is 6.60. The molecule has 3 nitrogen and oxygen atoms in total. The van der Waals surface area contributed by atoms with Crippen molar-refractivity contribution < 1.29 is 14.3 Å². The molecule has 0 aromatic heterocycles. The van der Waals surface area contributed by atoms with E-state index < -0.39 is 0 Å². The summed E-state index contributed by atoms with van der Waals surface area (Å²) in [5.41, 5.74) is 2.51. The maximum absolute atomic E-state index is 11.5. The first kappa shape index (κ1) is 16.5. The highest BCUT2D eigenvalue weighted by molar-refractivity contribution is 6.26. The van der Waals surface area contributed by atoms with Crippen molar-refractivity contribution in [3.63, 3.8) is 0 Å². The zero-order chi connectivity index (χ0) is 16.4. The molecule has 2 aliphatic rings. The van der Waals surface area contributed by atoms with Crippen LogP contribution in [0.4, 0.5) is 0 Å². The lowest BCUT2D eigenvalue weighted by Crippen LogP contribution is -2.46. The van der Waals surface area contributed by atoms with Crippen LogP contribution in [0, 0.1) is 23.7 Å². The van der Waals surface area contributed by atoms with Gasteiger partial charge in [-0.05, 0) is 24.3 Å². The Morgan fingerprint density at radius 1 is 1.35 bits per heavy atom. The van der Waals surface area contributed by atoms with E-state index in [1.165, 1.54) is 11.1 Å². The third kappa shape index (κ3) is 3.31. The summed E-state index contributed by atoms with van der Waals surface area (Å²) in [5.74, 6) is 0.901. The van der Waals surface area contributed by atoms with E-state index in [9.17, 15) is 4.79 Å². The first-order valence-corrected chi connectivity index (χ1v) is 8.71. The fraction of sp³-hybridized carbons (Fsp3) is 0.526. The minimum absolute atomic E-state index is 0.0240. The molecule has 124 valence electrons. The van der Waals surface area contributed by atoms with Gasteiger partial charge in [0, 0.05) is 11.8 Å². The van der Waals surface area contributed by atoms with Crippen LogP contribution in [0.3, 0.4) is 0 Å². The summed E-state index contributed by atoms with van der Waals surface area (Å²) in [4.78, 5) is 11.5. The molecule has 0 saturated carbocycles. The highest BCUT2D eigenvalue weighted by atomic mass is 35.5. The zero-order valence-electron chi connectivity index (χ0n) is 13.6. The number of allylic oxidation sites excluding steroid dienone is 1. The number of ether oxygens (including phenoxy) is 2. The Balaban J connectivity index is 1.88. The normalized spacial score (nSPS) is 33.0. The summed E-state index contributed by atoms with van der Waals surface area (Å²) < 4.78 is 11.6. The standard InChI is InChI=1S/C19H23ClO3/c1-12-8-13(2)18-16(11-22-17(21)9-20)15(12)10-23-19(18)14-6-4-3-5-7-14/h3-8,12,15-16,18-19H,9-11H2,1-2H3/t12-,15+,16-,18-,19-/m1/s1. The van der Waals surface area contributed by atoms with E-state index in [2.05, 4.69) is 32.1 Å². The molecule has 4 heteroatoms. The number of carbonyl (C=O) groups is 1. The van der Waals surface area contributed by atoms with Gasteiger partial charge < -0.3 is 9.47 Å². The van der Waals surface area contributed by atoms with Crippen molar-refractivity contribution in [3.8, 4) is 0 Å². The molecule has 1 aromatic carbocycles. The van der Waals surface area contributed by atoms with E-state index in [0.717, 1.165) is 0 Å². The number of rotatable bonds is 4. The SMILES string of the molecule is CC1=C[C@@H](C)[C@@H]2CO[C@H](c3ccccc3)[C@H]1[C@@H]2COC(=O)CCl. The van der Waals surface area contributed by atoms with Crippen molar-refractivity contribution in [3.05, 3.63) is 47.5 Å². The van der Waals surface area contributed by atoms with Crippen molar-refractivity contribution in [1.82, 2.24) is 0 Å². The Bertz CT molecular complexity index is 584. The molecular weight excluding hydrogens is 312 g/mol. The fourth-order valence-corrected chi connectivity index (χ4v) is 4.18. The van der Waals surface area contributed by atoms with E-state index in [0.29, 0.717) is 25.0 Å². The topological polar surface area (TPSA) is 35.5 Å². The van der Waals surface area contributed by atoms with Crippen LogP contribution in [-0.4, -0.2) is 25.1 Å². The minimum atomic E-state index is -0.346. The average Bonchev–Trinajstić information content (AvgIpc) is 2.58. The van der Waals surface area contributed by atoms with Gasteiger partial charge in [0.25, 0.3) is 0 Å². The van der Waals surface area contributed by atoms with E-state index in [1.54, 1.807) is 0 Å². The number of alkyl halides is 1. The third-order valence-electron chi connectivity index (χ3n) is 5.21. The molecule has 1 saturated heterocycles. The van der Waals surface area contributed by atoms with Gasteiger partial charge in [-0.1, -0.05) is 48.9 Å². The summed E-state index contributed by atoms with van der Waals surface area (Å²) in [5, 5.41) is 0. The Kier molecular flexibility index (Phi) is 5.08. The number of halogens is 1. The van der Waals surface area contributed by atoms with E-state index in [1.807, 2.05) is 18.2 Å². The molecule has 1 aromatic rings. The molecule has 1 fully saturated rings. The smallest absolute Gasteiger partial charge is 0.320 e. The largest absolute Gasteiger partial charge is 0.464 e. The lowest BCUT2D eigenvalue weighted by molar-refractivity contribution is -0.152. The summed E-state index contributed by atoms with van der Waals surface area (Å²) >= 11 is 5.56. The van der Waals surface area contributed by atoms with E-state index >= 15 is 0 Å². The molecule has 5 atom stereocenters. The average molecular weight is 335 g/mol. The molecule has 1 aliphatic carbocycles. The van der Waals surface area contributed by atoms with Gasteiger partial charge in [-0.25, -0.2) is 0 Å². The van der Waals surface area contributed by atoms with Gasteiger partial charge in [-0.15, -0.1) is 11.6 Å². The first-order chi connectivity index (χ1) is 11.1. The van der Waals surface area contributed by atoms with Crippen LogP contribution in [0.15, 0.2) is 42.0 Å². The molecule has 1 aliphatic heterocycles. The van der Waals surface area contributed by atoms with Gasteiger partial charge in [0.05, 0.1) is 19.3 Å². The monoisotopic (exact) mass is 334 g/mol. The number of fused-ring (bicyclic) bond motifs is 2.